The molecule has 7 nitrogen and oxygen atoms in total. The van der Waals surface area contributed by atoms with Crippen LogP contribution >= 0.6 is 0 Å². The fraction of sp³-hybridized carbons (Fsp3) is 0.552. The zero-order valence-electron chi connectivity index (χ0n) is 22.6. The van der Waals surface area contributed by atoms with E-state index in [0.717, 1.165) is 40.1 Å². The lowest BCUT2D eigenvalue weighted by molar-refractivity contribution is -0.145. The summed E-state index contributed by atoms with van der Waals surface area (Å²) < 4.78 is 0. The molecule has 1 aromatic heterocycles. The Morgan fingerprint density at radius 3 is 2.36 bits per heavy atom. The van der Waals surface area contributed by atoms with Gasteiger partial charge in [-0.3, -0.25) is 9.78 Å². The van der Waals surface area contributed by atoms with Gasteiger partial charge in [-0.05, 0) is 63.0 Å². The average molecular weight is 495 g/mol. The molecule has 7 heteroatoms. The van der Waals surface area contributed by atoms with Gasteiger partial charge in [-0.2, -0.15) is 0 Å². The number of pyridine rings is 1. The monoisotopic (exact) mass is 494 g/mol. The number of hydrogen-bond acceptors (Lipinski definition) is 4. The molecule has 1 saturated heterocycles. The number of aromatic nitrogens is 1. The molecule has 3 rings (SSSR count). The number of carboxylic acid groups (broad SMARTS) is 1. The summed E-state index contributed by atoms with van der Waals surface area (Å²) in [5.74, 6) is -0.797. The van der Waals surface area contributed by atoms with Crippen LogP contribution in [0.3, 0.4) is 0 Å². The van der Waals surface area contributed by atoms with Gasteiger partial charge in [0.1, 0.15) is 0 Å². The zero-order chi connectivity index (χ0) is 26.6. The number of anilines is 1. The Balaban J connectivity index is 2.10. The Kier molecular flexibility index (Phi) is 8.77. The minimum atomic E-state index is -0.781. The van der Waals surface area contributed by atoms with Crippen molar-refractivity contribution in [2.24, 2.45) is 17.6 Å². The van der Waals surface area contributed by atoms with Crippen LogP contribution in [0.4, 0.5) is 10.5 Å². The molecule has 4 N–H and O–H groups in total. The number of urea groups is 1. The number of rotatable bonds is 8. The first-order chi connectivity index (χ1) is 17.1. The van der Waals surface area contributed by atoms with E-state index in [9.17, 15) is 14.7 Å². The molecule has 36 heavy (non-hydrogen) atoms. The van der Waals surface area contributed by atoms with Gasteiger partial charge in [0.25, 0.3) is 0 Å². The largest absolute Gasteiger partial charge is 0.481 e. The smallest absolute Gasteiger partial charge is 0.322 e. The van der Waals surface area contributed by atoms with Gasteiger partial charge in [-0.1, -0.05) is 57.5 Å². The number of aryl methyl sites for hydroxylation is 2. The van der Waals surface area contributed by atoms with E-state index in [1.807, 2.05) is 32.6 Å². The highest BCUT2D eigenvalue weighted by atomic mass is 16.4. The molecule has 0 aliphatic carbocycles. The number of benzene rings is 1. The molecule has 1 fully saturated rings. The van der Waals surface area contributed by atoms with E-state index in [-0.39, 0.29) is 6.03 Å². The number of piperidine rings is 1. The summed E-state index contributed by atoms with van der Waals surface area (Å²) in [6.45, 7) is 13.1. The minimum Gasteiger partial charge on any atom is -0.481 e. The van der Waals surface area contributed by atoms with Gasteiger partial charge >= 0.3 is 12.0 Å². The lowest BCUT2D eigenvalue weighted by Gasteiger charge is -2.48. The van der Waals surface area contributed by atoms with E-state index >= 15 is 0 Å². The summed E-state index contributed by atoms with van der Waals surface area (Å²) in [5.41, 5.74) is 12.2. The molecule has 196 valence electrons. The van der Waals surface area contributed by atoms with Crippen molar-refractivity contribution >= 4 is 17.7 Å². The van der Waals surface area contributed by atoms with Crippen LogP contribution in [0.1, 0.15) is 75.9 Å². The Morgan fingerprint density at radius 2 is 1.83 bits per heavy atom. The third-order valence-corrected chi connectivity index (χ3v) is 7.75. The van der Waals surface area contributed by atoms with Gasteiger partial charge in [-0.15, -0.1) is 0 Å². The maximum atomic E-state index is 13.8. The van der Waals surface area contributed by atoms with Crippen LogP contribution in [0, 0.1) is 25.7 Å². The van der Waals surface area contributed by atoms with Crippen molar-refractivity contribution in [1.82, 2.24) is 9.88 Å². The Morgan fingerprint density at radius 1 is 1.19 bits per heavy atom. The minimum absolute atomic E-state index is 0.208. The van der Waals surface area contributed by atoms with Gasteiger partial charge in [-0.25, -0.2) is 4.79 Å². The summed E-state index contributed by atoms with van der Waals surface area (Å²) in [6, 6.07) is 8.06. The summed E-state index contributed by atoms with van der Waals surface area (Å²) in [7, 11) is 0. The van der Waals surface area contributed by atoms with Crippen LogP contribution < -0.4 is 11.1 Å². The number of hydrogen-bond donors (Lipinski definition) is 3. The maximum Gasteiger partial charge on any atom is 0.322 e. The molecule has 1 unspecified atom stereocenters. The molecule has 2 heterocycles. The fourth-order valence-electron chi connectivity index (χ4n) is 5.58. The lowest BCUT2D eigenvalue weighted by Crippen LogP contribution is -2.58. The van der Waals surface area contributed by atoms with Crippen LogP contribution in [-0.4, -0.2) is 39.1 Å². The zero-order valence-corrected chi connectivity index (χ0v) is 22.6. The topological polar surface area (TPSA) is 109 Å². The second-order valence-corrected chi connectivity index (χ2v) is 10.6. The van der Waals surface area contributed by atoms with E-state index < -0.39 is 17.4 Å². The van der Waals surface area contributed by atoms with Gasteiger partial charge in [0.05, 0.1) is 17.3 Å². The van der Waals surface area contributed by atoms with Crippen LogP contribution in [-0.2, 0) is 17.8 Å². The lowest BCUT2D eigenvalue weighted by atomic mass is 9.77. The van der Waals surface area contributed by atoms with Crippen molar-refractivity contribution in [2.75, 3.05) is 11.9 Å². The van der Waals surface area contributed by atoms with Gasteiger partial charge in [0.15, 0.2) is 0 Å². The van der Waals surface area contributed by atoms with Gasteiger partial charge < -0.3 is 21.1 Å². The molecule has 1 aliphatic rings. The number of nitrogens with one attached hydrogen (secondary N) is 1. The highest BCUT2D eigenvalue weighted by Gasteiger charge is 2.44. The Bertz CT molecular complexity index is 1090. The van der Waals surface area contributed by atoms with Crippen LogP contribution in [0.25, 0.3) is 11.1 Å². The maximum absolute atomic E-state index is 13.8. The van der Waals surface area contributed by atoms with Crippen LogP contribution in [0.5, 0.6) is 0 Å². The quantitative estimate of drug-likeness (QED) is 0.423. The molecule has 2 amide bonds. The highest BCUT2D eigenvalue weighted by molar-refractivity contribution is 5.97. The molecule has 1 aromatic carbocycles. The number of nitrogens with two attached hydrogens (primary N) is 1. The summed E-state index contributed by atoms with van der Waals surface area (Å²) in [6.07, 6.45) is 3.12. The number of carboxylic acids is 1. The molecule has 1 aliphatic heterocycles. The number of carbonyl (C=O) groups excluding carboxylic acids is 1. The van der Waals surface area contributed by atoms with E-state index in [0.29, 0.717) is 50.4 Å². The Labute approximate surface area is 215 Å². The second-order valence-electron chi connectivity index (χ2n) is 10.6. The van der Waals surface area contributed by atoms with E-state index in [1.54, 1.807) is 0 Å². The molecule has 1 atom stereocenters. The molecule has 2 aromatic rings. The predicted molar refractivity (Wildman–Crippen MR) is 145 cm³/mol. The highest BCUT2D eigenvalue weighted by Crippen LogP contribution is 2.40. The molecule has 0 saturated carbocycles. The Hall–Kier alpha value is -2.93. The third kappa shape index (κ3) is 5.56. The van der Waals surface area contributed by atoms with E-state index in [2.05, 4.69) is 43.4 Å². The van der Waals surface area contributed by atoms with E-state index in [1.165, 1.54) is 0 Å². The van der Waals surface area contributed by atoms with Crippen molar-refractivity contribution in [3.63, 3.8) is 0 Å². The first-order valence-electron chi connectivity index (χ1n) is 13.2. The SMILES string of the molecule is CCC1(CC)CC(C(=O)O)CCN1C(=O)Nc1c(C)nc(CC(C)C)c(CN)c1-c1ccc(C)cc1. The molecule has 0 radical (unpaired) electrons. The summed E-state index contributed by atoms with van der Waals surface area (Å²) in [4.78, 5) is 32.4. The molecular formula is C29H42N4O3. The average Bonchev–Trinajstić information content (AvgIpc) is 2.85. The number of nitrogens with zero attached hydrogens (tertiary/aromatic N) is 2. The number of amides is 2. The van der Waals surface area contributed by atoms with Crippen molar-refractivity contribution in [1.29, 1.82) is 0 Å². The van der Waals surface area contributed by atoms with Gasteiger partial charge in [0.2, 0.25) is 0 Å². The second kappa shape index (κ2) is 11.4. The first kappa shape index (κ1) is 27.7. The number of aliphatic carboxylic acids is 1. The number of carbonyl (C=O) groups is 2. The van der Waals surface area contributed by atoms with Crippen molar-refractivity contribution < 1.29 is 14.7 Å². The standard InChI is InChI=1S/C29H42N4O3/c1-7-29(8-2)16-22(27(34)35)13-14-33(29)28(36)32-26-20(6)31-24(15-18(3)4)23(17-30)25(26)21-11-9-19(5)10-12-21/h9-12,18,22H,7-8,13-17,30H2,1-6H3,(H,32,36)(H,34,35). The third-order valence-electron chi connectivity index (χ3n) is 7.75. The van der Waals surface area contributed by atoms with Crippen LogP contribution in [0.15, 0.2) is 24.3 Å². The molecular weight excluding hydrogens is 452 g/mol. The predicted octanol–water partition coefficient (Wildman–Crippen LogP) is 5.91. The van der Waals surface area contributed by atoms with Crippen molar-refractivity contribution in [3.8, 4) is 11.1 Å². The molecule has 0 bridgehead atoms. The van der Waals surface area contributed by atoms with Crippen molar-refractivity contribution in [3.05, 3.63) is 46.8 Å². The van der Waals surface area contributed by atoms with E-state index in [4.69, 9.17) is 10.7 Å². The van der Waals surface area contributed by atoms with Crippen LogP contribution in [0.2, 0.25) is 0 Å². The van der Waals surface area contributed by atoms with Gasteiger partial charge in [0, 0.05) is 29.9 Å². The summed E-state index contributed by atoms with van der Waals surface area (Å²) in [5, 5.41) is 12.9. The normalized spacial score (nSPS) is 17.3. The summed E-state index contributed by atoms with van der Waals surface area (Å²) >= 11 is 0. The molecule has 0 spiro atoms. The number of likely N-dealkylation sites (tertiary alicyclic amines) is 1. The first-order valence-corrected chi connectivity index (χ1v) is 13.2. The van der Waals surface area contributed by atoms with Crippen molar-refractivity contribution in [2.45, 2.75) is 85.7 Å². The fourth-order valence-corrected chi connectivity index (χ4v) is 5.58.